The van der Waals surface area contributed by atoms with E-state index in [4.69, 9.17) is 0 Å². The third-order valence-electron chi connectivity index (χ3n) is 4.05. The van der Waals surface area contributed by atoms with Crippen molar-refractivity contribution in [2.45, 2.75) is 11.3 Å². The summed E-state index contributed by atoms with van der Waals surface area (Å²) >= 11 is 1.44. The molecule has 0 saturated carbocycles. The van der Waals surface area contributed by atoms with E-state index in [0.29, 0.717) is 29.9 Å². The van der Waals surface area contributed by atoms with Gasteiger partial charge in [0.1, 0.15) is 5.69 Å². The van der Waals surface area contributed by atoms with E-state index < -0.39 is 0 Å². The number of anilines is 1. The van der Waals surface area contributed by atoms with Gasteiger partial charge >= 0.3 is 0 Å². The van der Waals surface area contributed by atoms with Gasteiger partial charge < -0.3 is 10.6 Å². The molecule has 4 rings (SSSR count). The van der Waals surface area contributed by atoms with Crippen LogP contribution in [0, 0.1) is 0 Å². The molecule has 2 aromatic heterocycles. The minimum atomic E-state index is -0.185. The second kappa shape index (κ2) is 7.05. The van der Waals surface area contributed by atoms with Crippen molar-refractivity contribution in [3.63, 3.8) is 0 Å². The fraction of sp³-hybridized carbons (Fsp3) is 0.105. The third kappa shape index (κ3) is 3.34. The van der Waals surface area contributed by atoms with Crippen LogP contribution in [0.15, 0.2) is 66.0 Å². The first kappa shape index (κ1) is 16.4. The Morgan fingerprint density at radius 1 is 1.23 bits per heavy atom. The van der Waals surface area contributed by atoms with Crippen molar-refractivity contribution in [2.24, 2.45) is 0 Å². The summed E-state index contributed by atoms with van der Waals surface area (Å²) in [6, 6.07) is 12.8. The Labute approximate surface area is 154 Å². The number of aromatic nitrogens is 2. The van der Waals surface area contributed by atoms with E-state index in [9.17, 15) is 9.59 Å². The van der Waals surface area contributed by atoms with Gasteiger partial charge in [-0.15, -0.1) is 0 Å². The second-order valence-electron chi connectivity index (χ2n) is 5.84. The first-order valence-corrected chi connectivity index (χ1v) is 8.96. The lowest BCUT2D eigenvalue weighted by molar-refractivity contribution is 0.0952. The van der Waals surface area contributed by atoms with Gasteiger partial charge in [-0.3, -0.25) is 18.5 Å². The van der Waals surface area contributed by atoms with E-state index in [2.05, 4.69) is 15.6 Å². The Bertz CT molecular complexity index is 969. The zero-order valence-corrected chi connectivity index (χ0v) is 14.6. The number of carbonyl (C=O) groups excluding carboxylic acids is 2. The highest BCUT2D eigenvalue weighted by Gasteiger charge is 2.20. The van der Waals surface area contributed by atoms with Crippen LogP contribution in [0.4, 0.5) is 5.69 Å². The molecular formula is C19H16N4O2S. The van der Waals surface area contributed by atoms with Crippen LogP contribution >= 0.6 is 11.9 Å². The van der Waals surface area contributed by atoms with Crippen LogP contribution in [0.5, 0.6) is 0 Å². The Balaban J connectivity index is 1.46. The van der Waals surface area contributed by atoms with Gasteiger partial charge in [-0.2, -0.15) is 0 Å². The normalized spacial score (nSPS) is 12.5. The predicted octanol–water partition coefficient (Wildman–Crippen LogP) is 2.98. The van der Waals surface area contributed by atoms with Gasteiger partial charge in [0, 0.05) is 30.7 Å². The summed E-state index contributed by atoms with van der Waals surface area (Å²) in [5, 5.41) is 5.77. The van der Waals surface area contributed by atoms with Crippen LogP contribution in [0.25, 0.3) is 0 Å². The fourth-order valence-corrected chi connectivity index (χ4v) is 3.65. The molecule has 3 aromatic rings. The van der Waals surface area contributed by atoms with Gasteiger partial charge in [0.25, 0.3) is 11.8 Å². The molecular weight excluding hydrogens is 348 g/mol. The zero-order valence-electron chi connectivity index (χ0n) is 13.8. The van der Waals surface area contributed by atoms with Crippen LogP contribution in [-0.2, 0) is 6.42 Å². The fourth-order valence-electron chi connectivity index (χ4n) is 2.73. The van der Waals surface area contributed by atoms with Crippen LogP contribution in [-0.4, -0.2) is 27.3 Å². The zero-order chi connectivity index (χ0) is 17.9. The minimum absolute atomic E-state index is 0.167. The lowest BCUT2D eigenvalue weighted by atomic mass is 10.1. The van der Waals surface area contributed by atoms with Crippen molar-refractivity contribution in [3.05, 3.63) is 77.9 Å². The summed E-state index contributed by atoms with van der Waals surface area (Å²) < 4.78 is 1.81. The molecule has 0 unspecified atom stereocenters. The lowest BCUT2D eigenvalue weighted by Crippen LogP contribution is -2.25. The Hall–Kier alpha value is -3.06. The standard InChI is InChI=1S/C19H16N4O2S/c24-18(21-9-7-13-3-1-8-20-12-13)14-5-6-17-15(11-14)22-19(25)16-4-2-10-23(16)26-17/h1-6,8,10-12H,7,9H2,(H,21,24)(H,22,25). The molecule has 1 aromatic carbocycles. The van der Waals surface area contributed by atoms with Gasteiger partial charge in [0.15, 0.2) is 0 Å². The van der Waals surface area contributed by atoms with Gasteiger partial charge in [-0.1, -0.05) is 6.07 Å². The lowest BCUT2D eigenvalue weighted by Gasteiger charge is -2.09. The molecule has 0 atom stereocenters. The molecule has 0 saturated heterocycles. The number of rotatable bonds is 4. The third-order valence-corrected chi connectivity index (χ3v) is 5.12. The molecule has 0 bridgehead atoms. The van der Waals surface area contributed by atoms with Gasteiger partial charge in [-0.05, 0) is 60.3 Å². The number of nitrogens with zero attached hydrogens (tertiary/aromatic N) is 2. The van der Waals surface area contributed by atoms with Crippen molar-refractivity contribution in [1.82, 2.24) is 14.3 Å². The number of carbonyl (C=O) groups is 2. The monoisotopic (exact) mass is 364 g/mol. The maximum Gasteiger partial charge on any atom is 0.273 e. The van der Waals surface area contributed by atoms with E-state index in [0.717, 1.165) is 10.5 Å². The van der Waals surface area contributed by atoms with E-state index in [1.54, 1.807) is 30.6 Å². The van der Waals surface area contributed by atoms with Crippen molar-refractivity contribution in [2.75, 3.05) is 11.9 Å². The minimum Gasteiger partial charge on any atom is -0.352 e. The Morgan fingerprint density at radius 2 is 2.15 bits per heavy atom. The number of benzene rings is 1. The smallest absolute Gasteiger partial charge is 0.273 e. The van der Waals surface area contributed by atoms with Crippen LogP contribution < -0.4 is 10.6 Å². The molecule has 0 fully saturated rings. The Morgan fingerprint density at radius 3 is 3.00 bits per heavy atom. The number of fused-ring (bicyclic) bond motifs is 2. The Kier molecular flexibility index (Phi) is 4.45. The molecule has 0 aliphatic carbocycles. The number of hydrogen-bond acceptors (Lipinski definition) is 4. The summed E-state index contributed by atoms with van der Waals surface area (Å²) in [5.74, 6) is -0.352. The van der Waals surface area contributed by atoms with E-state index in [1.807, 2.05) is 34.4 Å². The van der Waals surface area contributed by atoms with E-state index >= 15 is 0 Å². The van der Waals surface area contributed by atoms with E-state index in [1.165, 1.54) is 11.9 Å². The van der Waals surface area contributed by atoms with Crippen molar-refractivity contribution < 1.29 is 9.59 Å². The molecule has 0 spiro atoms. The largest absolute Gasteiger partial charge is 0.352 e. The molecule has 2 N–H and O–H groups in total. The molecule has 130 valence electrons. The SMILES string of the molecule is O=C(NCCc1cccnc1)c1ccc2c(c1)NC(=O)c1cccn1S2. The molecule has 0 radical (unpaired) electrons. The summed E-state index contributed by atoms with van der Waals surface area (Å²) in [5.41, 5.74) is 2.81. The molecule has 26 heavy (non-hydrogen) atoms. The first-order chi connectivity index (χ1) is 12.7. The average molecular weight is 364 g/mol. The van der Waals surface area contributed by atoms with Gasteiger partial charge in [0.05, 0.1) is 10.6 Å². The maximum atomic E-state index is 12.4. The van der Waals surface area contributed by atoms with E-state index in [-0.39, 0.29) is 11.8 Å². The summed E-state index contributed by atoms with van der Waals surface area (Å²) in [7, 11) is 0. The number of pyridine rings is 1. The maximum absolute atomic E-state index is 12.4. The number of nitrogens with one attached hydrogen (secondary N) is 2. The van der Waals surface area contributed by atoms with Crippen molar-refractivity contribution >= 4 is 29.4 Å². The molecule has 3 heterocycles. The molecule has 1 aliphatic heterocycles. The average Bonchev–Trinajstić information content (AvgIpc) is 3.07. The molecule has 7 heteroatoms. The number of hydrogen-bond donors (Lipinski definition) is 2. The van der Waals surface area contributed by atoms with Crippen LogP contribution in [0.2, 0.25) is 0 Å². The van der Waals surface area contributed by atoms with Crippen molar-refractivity contribution in [1.29, 1.82) is 0 Å². The first-order valence-electron chi connectivity index (χ1n) is 8.19. The highest BCUT2D eigenvalue weighted by Crippen LogP contribution is 2.33. The van der Waals surface area contributed by atoms with Gasteiger partial charge in [0.2, 0.25) is 0 Å². The highest BCUT2D eigenvalue weighted by molar-refractivity contribution is 7.98. The summed E-state index contributed by atoms with van der Waals surface area (Å²) in [4.78, 5) is 29.6. The summed E-state index contributed by atoms with van der Waals surface area (Å²) in [6.07, 6.45) is 6.07. The molecule has 2 amide bonds. The van der Waals surface area contributed by atoms with Crippen LogP contribution in [0.1, 0.15) is 26.4 Å². The second-order valence-corrected chi connectivity index (χ2v) is 6.86. The highest BCUT2D eigenvalue weighted by atomic mass is 32.2. The van der Waals surface area contributed by atoms with Crippen LogP contribution in [0.3, 0.4) is 0 Å². The molecule has 1 aliphatic rings. The quantitative estimate of drug-likeness (QED) is 0.746. The van der Waals surface area contributed by atoms with Gasteiger partial charge in [-0.25, -0.2) is 0 Å². The summed E-state index contributed by atoms with van der Waals surface area (Å²) in [6.45, 7) is 0.522. The number of amides is 2. The molecule has 6 nitrogen and oxygen atoms in total. The topological polar surface area (TPSA) is 76.0 Å². The van der Waals surface area contributed by atoms with Crippen molar-refractivity contribution in [3.8, 4) is 0 Å². The predicted molar refractivity (Wildman–Crippen MR) is 100 cm³/mol.